The largest absolute Gasteiger partial charge is 0.508 e. The Balaban J connectivity index is 2.02. The lowest BCUT2D eigenvalue weighted by molar-refractivity contribution is -0.117. The number of rotatable bonds is 4. The number of phenolic OH excluding ortho intramolecular Hbond substituents is 2. The monoisotopic (exact) mass is 286 g/mol. The zero-order chi connectivity index (χ0) is 15.4. The minimum absolute atomic E-state index is 0.00536. The van der Waals surface area contributed by atoms with Gasteiger partial charge in [0.15, 0.2) is 0 Å². The van der Waals surface area contributed by atoms with Crippen LogP contribution in [-0.2, 0) is 11.2 Å². The third-order valence-electron chi connectivity index (χ3n) is 3.14. The molecule has 2 rings (SSSR count). The second-order valence-electron chi connectivity index (χ2n) is 4.99. The van der Waals surface area contributed by atoms with Crippen LogP contribution >= 0.6 is 0 Å². The van der Waals surface area contributed by atoms with Crippen molar-refractivity contribution in [1.29, 1.82) is 0 Å². The van der Waals surface area contributed by atoms with Crippen LogP contribution in [-0.4, -0.2) is 22.2 Å². The van der Waals surface area contributed by atoms with E-state index in [0.29, 0.717) is 12.1 Å². The summed E-state index contributed by atoms with van der Waals surface area (Å²) in [5, 5.41) is 21.5. The molecule has 0 radical (unpaired) electrons. The third kappa shape index (κ3) is 3.97. The lowest BCUT2D eigenvalue weighted by Crippen LogP contribution is -2.37. The van der Waals surface area contributed by atoms with Crippen molar-refractivity contribution in [3.63, 3.8) is 0 Å². The summed E-state index contributed by atoms with van der Waals surface area (Å²) in [6.07, 6.45) is 0.346. The van der Waals surface area contributed by atoms with Gasteiger partial charge in [-0.25, -0.2) is 0 Å². The summed E-state index contributed by atoms with van der Waals surface area (Å²) in [6.45, 7) is 1.87. The van der Waals surface area contributed by atoms with Crippen LogP contribution in [0.4, 0.5) is 5.69 Å². The highest BCUT2D eigenvalue weighted by Crippen LogP contribution is 2.24. The molecule has 0 aromatic heterocycles. The smallest absolute Gasteiger partial charge is 0.241 e. The Morgan fingerprint density at radius 1 is 1.19 bits per heavy atom. The van der Waals surface area contributed by atoms with E-state index < -0.39 is 6.04 Å². The molecule has 21 heavy (non-hydrogen) atoms. The molecular formula is C16H18N2O3. The number of nitrogens with two attached hydrogens (primary N) is 1. The molecule has 5 heteroatoms. The van der Waals surface area contributed by atoms with Crippen LogP contribution < -0.4 is 11.1 Å². The summed E-state index contributed by atoms with van der Waals surface area (Å²) in [6, 6.07) is 10.7. The Hall–Kier alpha value is -2.53. The number of nitrogens with one attached hydrogen (secondary N) is 1. The van der Waals surface area contributed by atoms with Gasteiger partial charge in [0.05, 0.1) is 11.7 Å². The molecule has 0 bridgehead atoms. The summed E-state index contributed by atoms with van der Waals surface area (Å²) >= 11 is 0. The molecule has 0 spiro atoms. The van der Waals surface area contributed by atoms with Gasteiger partial charge < -0.3 is 21.3 Å². The number of hydrogen-bond acceptors (Lipinski definition) is 4. The molecule has 2 aromatic rings. The summed E-state index contributed by atoms with van der Waals surface area (Å²) in [7, 11) is 0. The van der Waals surface area contributed by atoms with Gasteiger partial charge in [-0.15, -0.1) is 0 Å². The Morgan fingerprint density at radius 2 is 1.86 bits per heavy atom. The van der Waals surface area contributed by atoms with Crippen molar-refractivity contribution in [2.45, 2.75) is 19.4 Å². The minimum Gasteiger partial charge on any atom is -0.508 e. The molecule has 2 aromatic carbocycles. The van der Waals surface area contributed by atoms with E-state index in [4.69, 9.17) is 5.73 Å². The standard InChI is InChI=1S/C16H18N2O3/c1-10-2-7-15(20)14(8-10)18-16(21)13(17)9-11-3-5-12(19)6-4-11/h2-8,13,19-20H,9,17H2,1H3,(H,18,21)/t13-/m1/s1. The lowest BCUT2D eigenvalue weighted by Gasteiger charge is -2.13. The molecule has 0 unspecified atom stereocenters. The number of amides is 1. The minimum atomic E-state index is -0.741. The quantitative estimate of drug-likeness (QED) is 0.646. The molecule has 0 fully saturated rings. The molecule has 5 nitrogen and oxygen atoms in total. The maximum Gasteiger partial charge on any atom is 0.241 e. The van der Waals surface area contributed by atoms with Crippen molar-refractivity contribution in [1.82, 2.24) is 0 Å². The van der Waals surface area contributed by atoms with E-state index in [-0.39, 0.29) is 17.4 Å². The van der Waals surface area contributed by atoms with E-state index in [9.17, 15) is 15.0 Å². The van der Waals surface area contributed by atoms with E-state index in [1.54, 1.807) is 36.4 Å². The molecule has 0 saturated carbocycles. The highest BCUT2D eigenvalue weighted by atomic mass is 16.3. The second kappa shape index (κ2) is 6.28. The van der Waals surface area contributed by atoms with Gasteiger partial charge >= 0.3 is 0 Å². The molecule has 0 aliphatic rings. The van der Waals surface area contributed by atoms with E-state index in [1.807, 2.05) is 6.92 Å². The maximum atomic E-state index is 12.1. The molecule has 1 amide bonds. The van der Waals surface area contributed by atoms with Crippen molar-refractivity contribution in [2.24, 2.45) is 5.73 Å². The highest BCUT2D eigenvalue weighted by Gasteiger charge is 2.15. The SMILES string of the molecule is Cc1ccc(O)c(NC(=O)[C@H](N)Cc2ccc(O)cc2)c1. The average molecular weight is 286 g/mol. The van der Waals surface area contributed by atoms with Crippen LogP contribution in [0.25, 0.3) is 0 Å². The predicted octanol–water partition coefficient (Wildman–Crippen LogP) is 1.91. The number of aromatic hydroxyl groups is 2. The summed E-state index contributed by atoms with van der Waals surface area (Å²) in [5.41, 5.74) is 7.99. The second-order valence-corrected chi connectivity index (χ2v) is 4.99. The number of carbonyl (C=O) groups is 1. The van der Waals surface area contributed by atoms with Gasteiger partial charge in [-0.2, -0.15) is 0 Å². The number of hydrogen-bond donors (Lipinski definition) is 4. The van der Waals surface area contributed by atoms with Crippen LogP contribution in [0.2, 0.25) is 0 Å². The Morgan fingerprint density at radius 3 is 2.52 bits per heavy atom. The Labute approximate surface area is 123 Å². The first-order valence-corrected chi connectivity index (χ1v) is 6.59. The van der Waals surface area contributed by atoms with Gasteiger partial charge in [-0.1, -0.05) is 18.2 Å². The normalized spacial score (nSPS) is 11.9. The zero-order valence-electron chi connectivity index (χ0n) is 11.7. The summed E-state index contributed by atoms with van der Waals surface area (Å²) in [5.74, 6) is -0.198. The first-order valence-electron chi connectivity index (χ1n) is 6.59. The van der Waals surface area contributed by atoms with Crippen LogP contribution in [0.15, 0.2) is 42.5 Å². The van der Waals surface area contributed by atoms with Crippen molar-refractivity contribution in [3.8, 4) is 11.5 Å². The van der Waals surface area contributed by atoms with E-state index in [2.05, 4.69) is 5.32 Å². The molecule has 110 valence electrons. The van der Waals surface area contributed by atoms with Gasteiger partial charge in [-0.3, -0.25) is 4.79 Å². The van der Waals surface area contributed by atoms with Crippen molar-refractivity contribution in [3.05, 3.63) is 53.6 Å². The summed E-state index contributed by atoms with van der Waals surface area (Å²) in [4.78, 5) is 12.1. The Bertz CT molecular complexity index is 638. The van der Waals surface area contributed by atoms with Gasteiger partial charge in [0.25, 0.3) is 0 Å². The number of benzene rings is 2. The average Bonchev–Trinajstić information content (AvgIpc) is 2.45. The van der Waals surface area contributed by atoms with E-state index >= 15 is 0 Å². The van der Waals surface area contributed by atoms with Crippen molar-refractivity contribution >= 4 is 11.6 Å². The molecule has 0 aliphatic carbocycles. The number of anilines is 1. The fourth-order valence-corrected chi connectivity index (χ4v) is 1.95. The summed E-state index contributed by atoms with van der Waals surface area (Å²) < 4.78 is 0. The highest BCUT2D eigenvalue weighted by molar-refractivity contribution is 5.96. The van der Waals surface area contributed by atoms with Crippen molar-refractivity contribution in [2.75, 3.05) is 5.32 Å². The van der Waals surface area contributed by atoms with Crippen molar-refractivity contribution < 1.29 is 15.0 Å². The van der Waals surface area contributed by atoms with Crippen LogP contribution in [0.1, 0.15) is 11.1 Å². The molecule has 0 aliphatic heterocycles. The van der Waals surface area contributed by atoms with Gasteiger partial charge in [0.1, 0.15) is 11.5 Å². The first-order chi connectivity index (χ1) is 9.95. The van der Waals surface area contributed by atoms with Crippen LogP contribution in [0.3, 0.4) is 0 Å². The van der Waals surface area contributed by atoms with E-state index in [0.717, 1.165) is 11.1 Å². The van der Waals surface area contributed by atoms with Gasteiger partial charge in [-0.05, 0) is 48.7 Å². The lowest BCUT2D eigenvalue weighted by atomic mass is 10.1. The zero-order valence-corrected chi connectivity index (χ0v) is 11.7. The number of carbonyl (C=O) groups excluding carboxylic acids is 1. The van der Waals surface area contributed by atoms with E-state index in [1.165, 1.54) is 6.07 Å². The molecule has 0 saturated heterocycles. The first kappa shape index (κ1) is 14.9. The van der Waals surface area contributed by atoms with Crippen LogP contribution in [0, 0.1) is 6.92 Å². The van der Waals surface area contributed by atoms with Crippen LogP contribution in [0.5, 0.6) is 11.5 Å². The third-order valence-corrected chi connectivity index (χ3v) is 3.14. The maximum absolute atomic E-state index is 12.1. The van der Waals surface area contributed by atoms with Gasteiger partial charge in [0.2, 0.25) is 5.91 Å². The molecular weight excluding hydrogens is 268 g/mol. The predicted molar refractivity (Wildman–Crippen MR) is 81.3 cm³/mol. The fourth-order valence-electron chi connectivity index (χ4n) is 1.95. The number of phenols is 2. The van der Waals surface area contributed by atoms with Gasteiger partial charge in [0, 0.05) is 0 Å². The fraction of sp³-hybridized carbons (Fsp3) is 0.188. The molecule has 0 heterocycles. The number of aryl methyl sites for hydroxylation is 1. The Kier molecular flexibility index (Phi) is 4.45. The molecule has 1 atom stereocenters. The topological polar surface area (TPSA) is 95.6 Å². The molecule has 5 N–H and O–H groups in total.